The normalized spacial score (nSPS) is 44.8. The quantitative estimate of drug-likeness (QED) is 0.687. The summed E-state index contributed by atoms with van der Waals surface area (Å²) >= 11 is 0. The molecule has 0 bridgehead atoms. The van der Waals surface area contributed by atoms with Crippen LogP contribution in [-0.4, -0.2) is 21.4 Å². The Morgan fingerprint density at radius 1 is 1.10 bits per heavy atom. The van der Waals surface area contributed by atoms with Gasteiger partial charge in [-0.15, -0.1) is 0 Å². The Kier molecular flexibility index (Phi) is 2.89. The van der Waals surface area contributed by atoms with Crippen molar-refractivity contribution in [3.63, 3.8) is 0 Å². The van der Waals surface area contributed by atoms with E-state index in [-0.39, 0.29) is 17.3 Å². The molecule has 3 heteroatoms. The number of hydrogen-bond acceptors (Lipinski definition) is 3. The van der Waals surface area contributed by atoms with Gasteiger partial charge in [0.2, 0.25) is 0 Å². The van der Waals surface area contributed by atoms with Crippen molar-refractivity contribution in [3.8, 4) is 5.75 Å². The molecular weight excluding hydrogens is 264 g/mol. The van der Waals surface area contributed by atoms with Crippen molar-refractivity contribution in [1.82, 2.24) is 0 Å². The van der Waals surface area contributed by atoms with Gasteiger partial charge >= 0.3 is 0 Å². The fourth-order valence-corrected chi connectivity index (χ4v) is 5.55. The fourth-order valence-electron chi connectivity index (χ4n) is 5.55. The SMILES string of the molecule is C[C@]12CC[C@@H]3c4ccc(O)cc4[C@H](O)C[C@@H]3[C@@H]1CC[C@@H]2O. The molecule has 4 rings (SSSR count). The molecule has 0 saturated heterocycles. The molecule has 0 heterocycles. The average Bonchev–Trinajstić information content (AvgIpc) is 2.76. The van der Waals surface area contributed by atoms with Crippen LogP contribution in [0.15, 0.2) is 18.2 Å². The van der Waals surface area contributed by atoms with Crippen LogP contribution in [0.1, 0.15) is 62.2 Å². The van der Waals surface area contributed by atoms with Crippen molar-refractivity contribution >= 4 is 0 Å². The number of hydrogen-bond donors (Lipinski definition) is 3. The number of aliphatic hydroxyl groups excluding tert-OH is 2. The van der Waals surface area contributed by atoms with Crippen LogP contribution in [0.5, 0.6) is 5.75 Å². The summed E-state index contributed by atoms with van der Waals surface area (Å²) in [6.45, 7) is 2.24. The Morgan fingerprint density at radius 3 is 2.71 bits per heavy atom. The lowest BCUT2D eigenvalue weighted by Crippen LogP contribution is -2.44. The van der Waals surface area contributed by atoms with Gasteiger partial charge < -0.3 is 15.3 Å². The van der Waals surface area contributed by atoms with E-state index < -0.39 is 6.10 Å². The first-order chi connectivity index (χ1) is 10.0. The van der Waals surface area contributed by atoms with Crippen LogP contribution < -0.4 is 0 Å². The highest BCUT2D eigenvalue weighted by atomic mass is 16.3. The van der Waals surface area contributed by atoms with Crippen molar-refractivity contribution in [3.05, 3.63) is 29.3 Å². The maximum Gasteiger partial charge on any atom is 0.115 e. The van der Waals surface area contributed by atoms with Gasteiger partial charge in [0, 0.05) is 0 Å². The van der Waals surface area contributed by atoms with Gasteiger partial charge in [0.15, 0.2) is 0 Å². The molecule has 3 nitrogen and oxygen atoms in total. The molecule has 0 radical (unpaired) electrons. The number of aliphatic hydroxyl groups is 2. The molecule has 0 aromatic heterocycles. The molecule has 0 amide bonds. The highest BCUT2D eigenvalue weighted by molar-refractivity contribution is 5.41. The van der Waals surface area contributed by atoms with E-state index in [2.05, 4.69) is 6.92 Å². The summed E-state index contributed by atoms with van der Waals surface area (Å²) in [4.78, 5) is 0. The summed E-state index contributed by atoms with van der Waals surface area (Å²) in [5.74, 6) is 1.70. The van der Waals surface area contributed by atoms with Crippen molar-refractivity contribution < 1.29 is 15.3 Å². The molecule has 114 valence electrons. The Labute approximate surface area is 125 Å². The maximum atomic E-state index is 10.5. The zero-order chi connectivity index (χ0) is 14.8. The second kappa shape index (κ2) is 4.47. The topological polar surface area (TPSA) is 60.7 Å². The summed E-state index contributed by atoms with van der Waals surface area (Å²) < 4.78 is 0. The average molecular weight is 288 g/mol. The standard InChI is InChI=1S/C18H24O3/c1-18-7-6-12-11-3-2-10(19)8-14(11)16(20)9-13(12)15(18)4-5-17(18)21/h2-3,8,12-13,15-17,19-21H,4-7,9H2,1H3/t12-,13+,15+,16-,17+,18+/m1/s1. The number of aromatic hydroxyl groups is 1. The van der Waals surface area contributed by atoms with Gasteiger partial charge in [-0.1, -0.05) is 13.0 Å². The third-order valence-corrected chi connectivity index (χ3v) is 6.71. The molecule has 1 aromatic carbocycles. The van der Waals surface area contributed by atoms with E-state index in [1.165, 1.54) is 5.56 Å². The summed E-state index contributed by atoms with van der Waals surface area (Å²) in [6, 6.07) is 5.47. The van der Waals surface area contributed by atoms with Crippen molar-refractivity contribution in [2.24, 2.45) is 17.3 Å². The monoisotopic (exact) mass is 288 g/mol. The largest absolute Gasteiger partial charge is 0.508 e. The summed E-state index contributed by atoms with van der Waals surface area (Å²) in [6.07, 6.45) is 4.25. The zero-order valence-electron chi connectivity index (χ0n) is 12.5. The second-order valence-corrected chi connectivity index (χ2v) is 7.58. The summed E-state index contributed by atoms with van der Waals surface area (Å²) in [7, 11) is 0. The number of phenolic OH excluding ortho intramolecular Hbond substituents is 1. The van der Waals surface area contributed by atoms with E-state index in [1.807, 2.05) is 6.07 Å². The number of rotatable bonds is 0. The number of benzene rings is 1. The molecule has 21 heavy (non-hydrogen) atoms. The first-order valence-electron chi connectivity index (χ1n) is 8.19. The highest BCUT2D eigenvalue weighted by Gasteiger charge is 2.55. The number of fused-ring (bicyclic) bond motifs is 5. The van der Waals surface area contributed by atoms with Crippen LogP contribution in [-0.2, 0) is 0 Å². The molecule has 3 aliphatic carbocycles. The van der Waals surface area contributed by atoms with Gasteiger partial charge in [0.1, 0.15) is 5.75 Å². The minimum absolute atomic E-state index is 0.0370. The van der Waals surface area contributed by atoms with Gasteiger partial charge in [0.05, 0.1) is 12.2 Å². The number of phenols is 1. The van der Waals surface area contributed by atoms with Crippen LogP contribution in [0.25, 0.3) is 0 Å². The van der Waals surface area contributed by atoms with E-state index in [1.54, 1.807) is 12.1 Å². The molecule has 3 aliphatic rings. The third-order valence-electron chi connectivity index (χ3n) is 6.71. The molecule has 0 aliphatic heterocycles. The predicted molar refractivity (Wildman–Crippen MR) is 80.0 cm³/mol. The summed E-state index contributed by atoms with van der Waals surface area (Å²) in [5, 5.41) is 30.6. The van der Waals surface area contributed by atoms with E-state index in [0.717, 1.165) is 37.7 Å². The van der Waals surface area contributed by atoms with E-state index >= 15 is 0 Å². The maximum absolute atomic E-state index is 10.5. The second-order valence-electron chi connectivity index (χ2n) is 7.58. The van der Waals surface area contributed by atoms with Crippen LogP contribution in [0, 0.1) is 17.3 Å². The Morgan fingerprint density at radius 2 is 1.90 bits per heavy atom. The highest BCUT2D eigenvalue weighted by Crippen LogP contribution is 2.62. The van der Waals surface area contributed by atoms with E-state index in [9.17, 15) is 15.3 Å². The minimum Gasteiger partial charge on any atom is -0.508 e. The molecule has 2 fully saturated rings. The molecule has 0 unspecified atom stereocenters. The molecule has 2 saturated carbocycles. The van der Waals surface area contributed by atoms with Crippen LogP contribution in [0.3, 0.4) is 0 Å². The first kappa shape index (κ1) is 13.6. The van der Waals surface area contributed by atoms with Gasteiger partial charge in [-0.25, -0.2) is 0 Å². The van der Waals surface area contributed by atoms with Gasteiger partial charge in [-0.05, 0) is 78.5 Å². The Balaban J connectivity index is 1.75. The van der Waals surface area contributed by atoms with Gasteiger partial charge in [0.25, 0.3) is 0 Å². The minimum atomic E-state index is -0.478. The fraction of sp³-hybridized carbons (Fsp3) is 0.667. The summed E-state index contributed by atoms with van der Waals surface area (Å²) in [5.41, 5.74) is 2.17. The molecule has 3 N–H and O–H groups in total. The molecular formula is C18H24O3. The lowest BCUT2D eigenvalue weighted by molar-refractivity contribution is -0.0372. The Bertz CT molecular complexity index is 570. The van der Waals surface area contributed by atoms with Gasteiger partial charge in [-0.3, -0.25) is 0 Å². The van der Waals surface area contributed by atoms with Crippen molar-refractivity contribution in [1.29, 1.82) is 0 Å². The third kappa shape index (κ3) is 1.80. The smallest absolute Gasteiger partial charge is 0.115 e. The van der Waals surface area contributed by atoms with Crippen molar-refractivity contribution in [2.75, 3.05) is 0 Å². The van der Waals surface area contributed by atoms with E-state index in [0.29, 0.717) is 17.8 Å². The van der Waals surface area contributed by atoms with Crippen molar-refractivity contribution in [2.45, 2.75) is 57.2 Å². The van der Waals surface area contributed by atoms with Gasteiger partial charge in [-0.2, -0.15) is 0 Å². The molecule has 6 atom stereocenters. The molecule has 1 aromatic rings. The Hall–Kier alpha value is -1.06. The van der Waals surface area contributed by atoms with Crippen LogP contribution in [0.2, 0.25) is 0 Å². The lowest BCUT2D eigenvalue weighted by Gasteiger charge is -2.50. The first-order valence-corrected chi connectivity index (χ1v) is 8.19. The predicted octanol–water partition coefficient (Wildman–Crippen LogP) is 3.10. The van der Waals surface area contributed by atoms with E-state index in [4.69, 9.17) is 0 Å². The van der Waals surface area contributed by atoms with Crippen LogP contribution in [0.4, 0.5) is 0 Å². The lowest BCUT2D eigenvalue weighted by atomic mass is 9.55. The zero-order valence-corrected chi connectivity index (χ0v) is 12.5. The molecule has 0 spiro atoms. The van der Waals surface area contributed by atoms with Crippen LogP contribution >= 0.6 is 0 Å².